The zero-order valence-corrected chi connectivity index (χ0v) is 27.3. The van der Waals surface area contributed by atoms with Gasteiger partial charge in [0, 0.05) is 19.5 Å². The molecule has 0 spiro atoms. The first-order chi connectivity index (χ1) is 17.0. The zero-order chi connectivity index (χ0) is 27.2. The van der Waals surface area contributed by atoms with E-state index in [9.17, 15) is 13.2 Å². The van der Waals surface area contributed by atoms with Crippen molar-refractivity contribution in [2.75, 3.05) is 12.3 Å². The third kappa shape index (κ3) is 13.7. The molecule has 10 heteroatoms. The molecule has 221 valence electrons. The van der Waals surface area contributed by atoms with Crippen LogP contribution < -0.4 is 0 Å². The number of halogens is 3. The maximum atomic E-state index is 10.7. The average Bonchev–Trinajstić information content (AvgIpc) is 3.39. The van der Waals surface area contributed by atoms with E-state index in [-0.39, 0.29) is 19.5 Å². The maximum absolute atomic E-state index is 10.7. The van der Waals surface area contributed by atoms with Gasteiger partial charge in [-0.25, -0.2) is 8.42 Å². The fourth-order valence-corrected chi connectivity index (χ4v) is 13.9. The van der Waals surface area contributed by atoms with Gasteiger partial charge in [-0.2, -0.15) is 13.2 Å². The molecular formula is C27H48F3O3P2RhS-. The molecule has 37 heavy (non-hydrogen) atoms. The number of rotatable bonds is 7. The Kier molecular flexibility index (Phi) is 20.0. The van der Waals surface area contributed by atoms with Crippen molar-refractivity contribution in [1.29, 1.82) is 0 Å². The average molecular weight is 675 g/mol. The number of hydrogen-bond acceptors (Lipinski definition) is 3. The van der Waals surface area contributed by atoms with Crippen LogP contribution in [0.1, 0.15) is 105 Å². The summed E-state index contributed by atoms with van der Waals surface area (Å²) in [7, 11) is -5.33. The topological polar surface area (TPSA) is 57.2 Å². The van der Waals surface area contributed by atoms with Crippen molar-refractivity contribution in [3.05, 3.63) is 24.3 Å². The summed E-state index contributed by atoms with van der Waals surface area (Å²) in [4.78, 5) is 0. The first-order valence-electron chi connectivity index (χ1n) is 13.8. The maximum Gasteiger partial charge on any atom is 0.485 e. The molecule has 1 aliphatic carbocycles. The van der Waals surface area contributed by atoms with E-state index in [0.29, 0.717) is 15.8 Å². The van der Waals surface area contributed by atoms with E-state index in [1.54, 1.807) is 38.0 Å². The third-order valence-corrected chi connectivity index (χ3v) is 16.3. The minimum Gasteiger partial charge on any atom is -0.741 e. The molecule has 2 aliphatic heterocycles. The van der Waals surface area contributed by atoms with Crippen molar-refractivity contribution in [3.63, 3.8) is 0 Å². The van der Waals surface area contributed by atoms with Gasteiger partial charge in [0.25, 0.3) is 0 Å². The van der Waals surface area contributed by atoms with E-state index >= 15 is 0 Å². The van der Waals surface area contributed by atoms with E-state index < -0.39 is 15.6 Å². The number of allylic oxidation sites excluding steroid dienone is 4. The van der Waals surface area contributed by atoms with E-state index in [4.69, 9.17) is 13.0 Å². The first kappa shape index (κ1) is 37.7. The monoisotopic (exact) mass is 674 g/mol. The van der Waals surface area contributed by atoms with E-state index in [1.807, 2.05) is 0 Å². The number of alkyl halides is 3. The van der Waals surface area contributed by atoms with Crippen LogP contribution >= 0.6 is 15.8 Å². The molecule has 0 unspecified atom stereocenters. The SMILES string of the molecule is C1=C\CC/C=C\CC/1.CC[C@H]1CC[C@H](CC)P1CCP1[C@@H](CC)CC[C@@H]1CC.O=S(=O)([O-])C(F)(F)F.[Rh]. The molecular weight excluding hydrogens is 626 g/mol. The van der Waals surface area contributed by atoms with Gasteiger partial charge in [-0.15, -0.1) is 15.8 Å². The second-order valence-electron chi connectivity index (χ2n) is 9.88. The minimum atomic E-state index is -6.09. The molecule has 0 aromatic heterocycles. The van der Waals surface area contributed by atoms with Crippen molar-refractivity contribution < 1.29 is 45.6 Å². The van der Waals surface area contributed by atoms with Crippen LogP contribution in [0.2, 0.25) is 0 Å². The second kappa shape index (κ2) is 19.7. The molecule has 2 heterocycles. The second-order valence-corrected chi connectivity index (χ2v) is 17.1. The third-order valence-electron chi connectivity index (χ3n) is 7.66. The Labute approximate surface area is 240 Å². The zero-order valence-electron chi connectivity index (χ0n) is 23.0. The van der Waals surface area contributed by atoms with Crippen LogP contribution in [-0.4, -0.2) is 53.4 Å². The molecule has 0 saturated carbocycles. The number of hydrogen-bond donors (Lipinski definition) is 0. The van der Waals surface area contributed by atoms with Crippen LogP contribution in [0.4, 0.5) is 13.2 Å². The summed E-state index contributed by atoms with van der Waals surface area (Å²) in [6.07, 6.45) is 29.4. The molecule has 2 saturated heterocycles. The largest absolute Gasteiger partial charge is 0.741 e. The summed E-state index contributed by atoms with van der Waals surface area (Å²) in [6, 6.07) is 0. The Morgan fingerprint density at radius 2 is 0.892 bits per heavy atom. The normalized spacial score (nSPS) is 28.5. The van der Waals surface area contributed by atoms with Crippen LogP contribution in [0.15, 0.2) is 24.3 Å². The smallest absolute Gasteiger partial charge is 0.485 e. The van der Waals surface area contributed by atoms with Crippen LogP contribution in [0.5, 0.6) is 0 Å². The van der Waals surface area contributed by atoms with Gasteiger partial charge in [-0.3, -0.25) is 0 Å². The molecule has 0 bridgehead atoms. The van der Waals surface area contributed by atoms with Gasteiger partial charge >= 0.3 is 5.51 Å². The predicted molar refractivity (Wildman–Crippen MR) is 151 cm³/mol. The van der Waals surface area contributed by atoms with E-state index in [2.05, 4.69) is 52.0 Å². The summed E-state index contributed by atoms with van der Waals surface area (Å²) >= 11 is 0. The quantitative estimate of drug-likeness (QED) is 0.0890. The van der Waals surface area contributed by atoms with Gasteiger partial charge in [-0.1, -0.05) is 52.0 Å². The van der Waals surface area contributed by atoms with Gasteiger partial charge < -0.3 is 4.55 Å². The van der Waals surface area contributed by atoms with Crippen LogP contribution in [0.25, 0.3) is 0 Å². The fourth-order valence-electron chi connectivity index (χ4n) is 5.60. The summed E-state index contributed by atoms with van der Waals surface area (Å²) in [5.41, 5.74) is -1.12. The molecule has 2 fully saturated rings. The van der Waals surface area contributed by atoms with Gasteiger partial charge in [-0.05, 0) is 112 Å². The van der Waals surface area contributed by atoms with Crippen LogP contribution in [-0.2, 0) is 29.6 Å². The first-order valence-corrected chi connectivity index (χ1v) is 18.6. The Bertz CT molecular complexity index is 684. The van der Waals surface area contributed by atoms with Crippen molar-refractivity contribution >= 4 is 26.0 Å². The van der Waals surface area contributed by atoms with Gasteiger partial charge in [0.05, 0.1) is 0 Å². The van der Waals surface area contributed by atoms with E-state index in [1.165, 1.54) is 51.4 Å². The molecule has 4 atom stereocenters. The summed E-state index contributed by atoms with van der Waals surface area (Å²) in [5, 5.41) is 0. The van der Waals surface area contributed by atoms with Gasteiger partial charge in [0.15, 0.2) is 10.1 Å². The van der Waals surface area contributed by atoms with Crippen molar-refractivity contribution in [2.24, 2.45) is 0 Å². The van der Waals surface area contributed by atoms with Gasteiger partial charge in [0.2, 0.25) is 0 Å². The minimum absolute atomic E-state index is 0. The van der Waals surface area contributed by atoms with Crippen molar-refractivity contribution in [3.8, 4) is 0 Å². The van der Waals surface area contributed by atoms with Crippen molar-refractivity contribution in [2.45, 2.75) is 133 Å². The van der Waals surface area contributed by atoms with Crippen molar-refractivity contribution in [1.82, 2.24) is 0 Å². The molecule has 0 aromatic carbocycles. The molecule has 3 aliphatic rings. The molecule has 0 aromatic rings. The summed E-state index contributed by atoms with van der Waals surface area (Å²) < 4.78 is 58.9. The Morgan fingerprint density at radius 3 is 1.05 bits per heavy atom. The molecule has 3 rings (SSSR count). The molecule has 3 nitrogen and oxygen atoms in total. The van der Waals surface area contributed by atoms with E-state index in [0.717, 1.165) is 22.6 Å². The van der Waals surface area contributed by atoms with Gasteiger partial charge in [0.1, 0.15) is 0 Å². The standard InChI is InChI=1S/C18H36P2.C8H12.CHF3O3S.Rh/c1-5-15-9-10-16(6-2)19(15)13-14-20-17(7-3)11-12-18(20)8-4;1-2-4-6-8-7-5-3-1;2-1(3,4)8(5,6)7;/h15-18H,5-14H2,1-4H3;1-2,7-8H,3-6H2;(H,5,6,7);/p-1/b;2-1-,8-7-;;/t15-,16-,17-,18-;;;/m0.../s1. The Balaban J connectivity index is 0.000000631. The summed E-state index contributed by atoms with van der Waals surface area (Å²) in [5.74, 6) is 0. The Hall–Kier alpha value is 0.663. The molecule has 0 amide bonds. The Morgan fingerprint density at radius 1 is 0.676 bits per heavy atom. The summed E-state index contributed by atoms with van der Waals surface area (Å²) in [6.45, 7) is 9.79. The molecule has 0 N–H and O–H groups in total. The fraction of sp³-hybridized carbons (Fsp3) is 0.852. The van der Waals surface area contributed by atoms with Crippen LogP contribution in [0.3, 0.4) is 0 Å². The van der Waals surface area contributed by atoms with Crippen LogP contribution in [0, 0.1) is 0 Å². The predicted octanol–water partition coefficient (Wildman–Crippen LogP) is 9.37. The molecule has 1 radical (unpaired) electrons.